The van der Waals surface area contributed by atoms with Crippen molar-refractivity contribution in [1.29, 1.82) is 0 Å². The number of rotatable bonds is 8. The van der Waals surface area contributed by atoms with Gasteiger partial charge in [-0.05, 0) is 36.6 Å². The highest BCUT2D eigenvalue weighted by Crippen LogP contribution is 2.23. The molecule has 0 aliphatic carbocycles. The second-order valence-corrected chi connectivity index (χ2v) is 7.65. The first-order valence-electron chi connectivity index (χ1n) is 9.18. The molecule has 28 heavy (non-hydrogen) atoms. The predicted octanol–water partition coefficient (Wildman–Crippen LogP) is 3.84. The summed E-state index contributed by atoms with van der Waals surface area (Å²) in [5.41, 5.74) is 3.27. The van der Waals surface area contributed by atoms with Gasteiger partial charge in [-0.3, -0.25) is 9.89 Å². The number of benzene rings is 2. The first-order valence-corrected chi connectivity index (χ1v) is 10.1. The quantitative estimate of drug-likeness (QED) is 0.566. The zero-order chi connectivity index (χ0) is 19.9. The molecule has 2 aromatic carbocycles. The molecular weight excluding hydrogens is 372 g/mol. The van der Waals surface area contributed by atoms with Crippen molar-refractivity contribution in [3.05, 3.63) is 59.7 Å². The summed E-state index contributed by atoms with van der Waals surface area (Å²) in [6.07, 6.45) is 1.00. The second kappa shape index (κ2) is 9.41. The fraction of sp³-hybridized carbons (Fsp3) is 0.286. The number of aromatic amines is 1. The number of methoxy groups -OCH3 is 1. The van der Waals surface area contributed by atoms with Crippen LogP contribution < -0.4 is 10.1 Å². The van der Waals surface area contributed by atoms with Gasteiger partial charge in [-0.15, -0.1) is 5.10 Å². The zero-order valence-corrected chi connectivity index (χ0v) is 17.0. The average molecular weight is 397 g/mol. The van der Waals surface area contributed by atoms with Crippen molar-refractivity contribution in [3.63, 3.8) is 0 Å². The van der Waals surface area contributed by atoms with Crippen molar-refractivity contribution < 1.29 is 9.53 Å². The zero-order valence-electron chi connectivity index (χ0n) is 16.2. The average Bonchev–Trinajstić information content (AvgIpc) is 3.20. The maximum Gasteiger partial charge on any atom is 0.233 e. The summed E-state index contributed by atoms with van der Waals surface area (Å²) in [6, 6.07) is 15.8. The standard InChI is InChI=1S/C21H24N4O2S/c1-4-15-5-9-17(10-6-15)19-23-21(25-24-19)28-14(2)20(26)22-13-16-7-11-18(27-3)12-8-16/h5-12,14H,4,13H2,1-3H3,(H,22,26)(H,23,24,25)/t14-/m1/s1. The summed E-state index contributed by atoms with van der Waals surface area (Å²) in [5.74, 6) is 1.44. The van der Waals surface area contributed by atoms with Crippen LogP contribution in [-0.2, 0) is 17.8 Å². The molecular formula is C21H24N4O2S. The highest BCUT2D eigenvalue weighted by atomic mass is 32.2. The minimum absolute atomic E-state index is 0.0560. The molecule has 3 rings (SSSR count). The molecule has 6 nitrogen and oxygen atoms in total. The Kier molecular flexibility index (Phi) is 6.71. The number of aromatic nitrogens is 3. The van der Waals surface area contributed by atoms with Crippen molar-refractivity contribution in [2.45, 2.75) is 37.2 Å². The van der Waals surface area contributed by atoms with Crippen molar-refractivity contribution >= 4 is 17.7 Å². The van der Waals surface area contributed by atoms with E-state index in [1.165, 1.54) is 17.3 Å². The molecule has 1 amide bonds. The van der Waals surface area contributed by atoms with Crippen LogP contribution in [0.5, 0.6) is 5.75 Å². The van der Waals surface area contributed by atoms with Crippen LogP contribution in [0.1, 0.15) is 25.0 Å². The molecule has 0 fully saturated rings. The molecule has 1 aromatic heterocycles. The van der Waals surface area contributed by atoms with Crippen molar-refractivity contribution in [1.82, 2.24) is 20.5 Å². The molecule has 0 aliphatic rings. The number of ether oxygens (including phenoxy) is 1. The van der Waals surface area contributed by atoms with Gasteiger partial charge in [0, 0.05) is 12.1 Å². The number of H-pyrrole nitrogens is 1. The molecule has 0 saturated carbocycles. The Hall–Kier alpha value is -2.80. The van der Waals surface area contributed by atoms with Crippen LogP contribution in [-0.4, -0.2) is 33.4 Å². The van der Waals surface area contributed by atoms with E-state index in [9.17, 15) is 4.79 Å². The third-order valence-corrected chi connectivity index (χ3v) is 5.34. The van der Waals surface area contributed by atoms with Crippen molar-refractivity contribution in [2.75, 3.05) is 7.11 Å². The van der Waals surface area contributed by atoms with Gasteiger partial charge in [0.25, 0.3) is 0 Å². The lowest BCUT2D eigenvalue weighted by Gasteiger charge is -2.10. The predicted molar refractivity (Wildman–Crippen MR) is 111 cm³/mol. The molecule has 0 saturated heterocycles. The monoisotopic (exact) mass is 396 g/mol. The number of carbonyl (C=O) groups excluding carboxylic acids is 1. The maximum absolute atomic E-state index is 12.4. The minimum atomic E-state index is -0.302. The summed E-state index contributed by atoms with van der Waals surface area (Å²) in [7, 11) is 1.63. The Morgan fingerprint density at radius 1 is 1.14 bits per heavy atom. The van der Waals surface area contributed by atoms with Crippen molar-refractivity contribution in [2.24, 2.45) is 0 Å². The fourth-order valence-electron chi connectivity index (χ4n) is 2.61. The summed E-state index contributed by atoms with van der Waals surface area (Å²) in [5, 5.41) is 10.4. The first-order chi connectivity index (χ1) is 13.6. The summed E-state index contributed by atoms with van der Waals surface area (Å²) in [4.78, 5) is 16.9. The number of hydrogen-bond donors (Lipinski definition) is 2. The van der Waals surface area contributed by atoms with E-state index in [-0.39, 0.29) is 11.2 Å². The highest BCUT2D eigenvalue weighted by molar-refractivity contribution is 8.00. The van der Waals surface area contributed by atoms with E-state index in [2.05, 4.69) is 39.6 Å². The molecule has 3 aromatic rings. The van der Waals surface area contributed by atoms with Crippen LogP contribution in [0, 0.1) is 0 Å². The summed E-state index contributed by atoms with van der Waals surface area (Å²) in [6.45, 7) is 4.44. The molecule has 0 aliphatic heterocycles. The molecule has 0 unspecified atom stereocenters. The lowest BCUT2D eigenvalue weighted by Crippen LogP contribution is -2.30. The smallest absolute Gasteiger partial charge is 0.233 e. The molecule has 1 heterocycles. The Balaban J connectivity index is 1.54. The molecule has 2 N–H and O–H groups in total. The Bertz CT molecular complexity index is 907. The van der Waals surface area contributed by atoms with E-state index < -0.39 is 0 Å². The van der Waals surface area contributed by atoms with Gasteiger partial charge in [0.15, 0.2) is 5.82 Å². The van der Waals surface area contributed by atoms with E-state index >= 15 is 0 Å². The fourth-order valence-corrected chi connectivity index (χ4v) is 3.36. The molecule has 146 valence electrons. The number of nitrogens with zero attached hydrogens (tertiary/aromatic N) is 2. The molecule has 7 heteroatoms. The van der Waals surface area contributed by atoms with Gasteiger partial charge >= 0.3 is 0 Å². The van der Waals surface area contributed by atoms with Crippen LogP contribution in [0.3, 0.4) is 0 Å². The highest BCUT2D eigenvalue weighted by Gasteiger charge is 2.17. The summed E-state index contributed by atoms with van der Waals surface area (Å²) >= 11 is 1.33. The van der Waals surface area contributed by atoms with E-state index in [1.807, 2.05) is 43.3 Å². The normalized spacial score (nSPS) is 11.8. The van der Waals surface area contributed by atoms with E-state index in [0.29, 0.717) is 17.5 Å². The number of aryl methyl sites for hydroxylation is 1. The van der Waals surface area contributed by atoms with Gasteiger partial charge < -0.3 is 10.1 Å². The van der Waals surface area contributed by atoms with Crippen LogP contribution in [0.15, 0.2) is 53.7 Å². The van der Waals surface area contributed by atoms with E-state index in [4.69, 9.17) is 4.74 Å². The van der Waals surface area contributed by atoms with Crippen LogP contribution in [0.25, 0.3) is 11.4 Å². The van der Waals surface area contributed by atoms with Gasteiger partial charge in [0.2, 0.25) is 11.1 Å². The van der Waals surface area contributed by atoms with Gasteiger partial charge in [-0.1, -0.05) is 55.1 Å². The van der Waals surface area contributed by atoms with Crippen LogP contribution in [0.2, 0.25) is 0 Å². The number of thioether (sulfide) groups is 1. The lowest BCUT2D eigenvalue weighted by molar-refractivity contribution is -0.120. The van der Waals surface area contributed by atoms with E-state index in [1.54, 1.807) is 7.11 Å². The first kappa shape index (κ1) is 19.9. The number of hydrogen-bond acceptors (Lipinski definition) is 5. The Morgan fingerprint density at radius 3 is 2.46 bits per heavy atom. The third-order valence-electron chi connectivity index (χ3n) is 4.38. The molecule has 1 atom stereocenters. The lowest BCUT2D eigenvalue weighted by atomic mass is 10.1. The number of amides is 1. The third kappa shape index (κ3) is 5.13. The van der Waals surface area contributed by atoms with Crippen molar-refractivity contribution in [3.8, 4) is 17.1 Å². The number of nitrogens with one attached hydrogen (secondary N) is 2. The van der Waals surface area contributed by atoms with Gasteiger partial charge in [0.05, 0.1) is 12.4 Å². The molecule has 0 bridgehead atoms. The van der Waals surface area contributed by atoms with Gasteiger partial charge in [0.1, 0.15) is 5.75 Å². The molecule has 0 radical (unpaired) electrons. The van der Waals surface area contributed by atoms with E-state index in [0.717, 1.165) is 23.3 Å². The van der Waals surface area contributed by atoms with Crippen LogP contribution >= 0.6 is 11.8 Å². The van der Waals surface area contributed by atoms with Gasteiger partial charge in [-0.2, -0.15) is 0 Å². The van der Waals surface area contributed by atoms with Gasteiger partial charge in [-0.25, -0.2) is 4.98 Å². The topological polar surface area (TPSA) is 79.9 Å². The largest absolute Gasteiger partial charge is 0.497 e. The Morgan fingerprint density at radius 2 is 1.82 bits per heavy atom. The maximum atomic E-state index is 12.4. The summed E-state index contributed by atoms with van der Waals surface area (Å²) < 4.78 is 5.14. The van der Waals surface area contributed by atoms with Crippen LogP contribution in [0.4, 0.5) is 0 Å². The minimum Gasteiger partial charge on any atom is -0.497 e. The molecule has 0 spiro atoms. The number of carbonyl (C=O) groups is 1. The SMILES string of the molecule is CCc1ccc(-c2nc(S[C@H](C)C(=O)NCc3ccc(OC)cc3)n[nH]2)cc1. The second-order valence-electron chi connectivity index (χ2n) is 6.34. The Labute approximate surface area is 169 Å².